The third-order valence-electron chi connectivity index (χ3n) is 3.41. The Morgan fingerprint density at radius 1 is 1.60 bits per heavy atom. The molecule has 2 heterocycles. The van der Waals surface area contributed by atoms with Crippen LogP contribution in [0.2, 0.25) is 0 Å². The SMILES string of the molecule is CCC(C)(C)NC(=O)CSc1n[nH]c([C@@H]2CCCO2)n1. The van der Waals surface area contributed by atoms with E-state index in [-0.39, 0.29) is 17.6 Å². The van der Waals surface area contributed by atoms with Gasteiger partial charge in [0.2, 0.25) is 11.1 Å². The first-order chi connectivity index (χ1) is 9.50. The van der Waals surface area contributed by atoms with Crippen molar-refractivity contribution in [2.24, 2.45) is 0 Å². The predicted molar refractivity (Wildman–Crippen MR) is 77.5 cm³/mol. The van der Waals surface area contributed by atoms with Crippen LogP contribution in [0.5, 0.6) is 0 Å². The Balaban J connectivity index is 1.80. The molecule has 1 aromatic heterocycles. The van der Waals surface area contributed by atoms with E-state index in [2.05, 4.69) is 27.4 Å². The van der Waals surface area contributed by atoms with Crippen LogP contribution < -0.4 is 5.32 Å². The number of carbonyl (C=O) groups is 1. The van der Waals surface area contributed by atoms with Crippen LogP contribution in [0.4, 0.5) is 0 Å². The summed E-state index contributed by atoms with van der Waals surface area (Å²) in [5.41, 5.74) is -0.167. The fraction of sp³-hybridized carbons (Fsp3) is 0.769. The summed E-state index contributed by atoms with van der Waals surface area (Å²) in [6.45, 7) is 6.86. The molecule has 7 heteroatoms. The molecule has 1 saturated heterocycles. The van der Waals surface area contributed by atoms with Gasteiger partial charge in [0.15, 0.2) is 5.82 Å². The number of H-pyrrole nitrogens is 1. The Bertz CT molecular complexity index is 455. The van der Waals surface area contributed by atoms with E-state index in [1.54, 1.807) is 0 Å². The molecule has 0 aromatic carbocycles. The molecular formula is C13H22N4O2S. The highest BCUT2D eigenvalue weighted by Crippen LogP contribution is 2.26. The van der Waals surface area contributed by atoms with Gasteiger partial charge in [0.25, 0.3) is 0 Å². The van der Waals surface area contributed by atoms with Gasteiger partial charge >= 0.3 is 0 Å². The number of nitrogens with one attached hydrogen (secondary N) is 2. The van der Waals surface area contributed by atoms with Crippen molar-refractivity contribution in [2.45, 2.75) is 56.8 Å². The van der Waals surface area contributed by atoms with Gasteiger partial charge in [-0.05, 0) is 33.1 Å². The maximum Gasteiger partial charge on any atom is 0.230 e. The van der Waals surface area contributed by atoms with E-state index in [9.17, 15) is 4.79 Å². The average Bonchev–Trinajstić information content (AvgIpc) is 3.06. The lowest BCUT2D eigenvalue weighted by Gasteiger charge is -2.24. The van der Waals surface area contributed by atoms with Crippen molar-refractivity contribution in [3.8, 4) is 0 Å². The molecule has 6 nitrogen and oxygen atoms in total. The quantitative estimate of drug-likeness (QED) is 0.786. The van der Waals surface area contributed by atoms with Crippen molar-refractivity contribution in [3.63, 3.8) is 0 Å². The van der Waals surface area contributed by atoms with Gasteiger partial charge in [0.05, 0.1) is 5.75 Å². The normalized spacial score (nSPS) is 19.2. The van der Waals surface area contributed by atoms with Crippen LogP contribution in [0.15, 0.2) is 5.16 Å². The highest BCUT2D eigenvalue weighted by molar-refractivity contribution is 7.99. The number of nitrogens with zero attached hydrogens (tertiary/aromatic N) is 2. The largest absolute Gasteiger partial charge is 0.370 e. The molecule has 112 valence electrons. The lowest BCUT2D eigenvalue weighted by atomic mass is 10.0. The molecule has 20 heavy (non-hydrogen) atoms. The number of rotatable bonds is 6. The van der Waals surface area contributed by atoms with Crippen LogP contribution in [0.1, 0.15) is 52.0 Å². The second-order valence-corrected chi connectivity index (χ2v) is 6.52. The van der Waals surface area contributed by atoms with Crippen LogP contribution >= 0.6 is 11.8 Å². The molecule has 1 atom stereocenters. The highest BCUT2D eigenvalue weighted by Gasteiger charge is 2.22. The first-order valence-electron chi connectivity index (χ1n) is 6.98. The third kappa shape index (κ3) is 4.21. The molecule has 0 unspecified atom stereocenters. The summed E-state index contributed by atoms with van der Waals surface area (Å²) in [5.74, 6) is 1.09. The van der Waals surface area contributed by atoms with E-state index in [1.165, 1.54) is 11.8 Å². The van der Waals surface area contributed by atoms with Crippen molar-refractivity contribution in [2.75, 3.05) is 12.4 Å². The molecule has 0 bridgehead atoms. The van der Waals surface area contributed by atoms with Gasteiger partial charge in [-0.1, -0.05) is 18.7 Å². The Morgan fingerprint density at radius 3 is 3.05 bits per heavy atom. The molecule has 1 fully saturated rings. The van der Waals surface area contributed by atoms with Gasteiger partial charge < -0.3 is 10.1 Å². The Kier molecular flexibility index (Phi) is 5.04. The molecular weight excluding hydrogens is 276 g/mol. The first-order valence-corrected chi connectivity index (χ1v) is 7.96. The second-order valence-electron chi connectivity index (χ2n) is 5.58. The third-order valence-corrected chi connectivity index (χ3v) is 4.26. The van der Waals surface area contributed by atoms with Gasteiger partial charge in [0, 0.05) is 12.1 Å². The van der Waals surface area contributed by atoms with Crippen LogP contribution in [-0.4, -0.2) is 39.0 Å². The number of thioether (sulfide) groups is 1. The molecule has 1 aromatic rings. The molecule has 2 N–H and O–H groups in total. The number of aromatic nitrogens is 3. The zero-order chi connectivity index (χ0) is 14.6. The Hall–Kier alpha value is -1.08. The minimum Gasteiger partial charge on any atom is -0.370 e. The lowest BCUT2D eigenvalue weighted by molar-refractivity contribution is -0.120. The van der Waals surface area contributed by atoms with Gasteiger partial charge in [-0.25, -0.2) is 4.98 Å². The Morgan fingerprint density at radius 2 is 2.40 bits per heavy atom. The van der Waals surface area contributed by atoms with Crippen LogP contribution in [0.3, 0.4) is 0 Å². The monoisotopic (exact) mass is 298 g/mol. The topological polar surface area (TPSA) is 79.9 Å². The van der Waals surface area contributed by atoms with Crippen molar-refractivity contribution < 1.29 is 9.53 Å². The zero-order valence-corrected chi connectivity index (χ0v) is 13.0. The fourth-order valence-electron chi connectivity index (χ4n) is 1.89. The minimum atomic E-state index is -0.167. The standard InChI is InChI=1S/C13H22N4O2S/c1-4-13(2,3)15-10(18)8-20-12-14-11(16-17-12)9-6-5-7-19-9/h9H,4-8H2,1-3H3,(H,15,18)(H,14,16,17)/t9-/m0/s1. The van der Waals surface area contributed by atoms with E-state index >= 15 is 0 Å². The molecule has 0 saturated carbocycles. The minimum absolute atomic E-state index is 0.00492. The summed E-state index contributed by atoms with van der Waals surface area (Å²) in [6.07, 6.45) is 2.96. The van der Waals surface area contributed by atoms with Gasteiger partial charge in [-0.2, -0.15) is 0 Å². The molecule has 1 aliphatic rings. The summed E-state index contributed by atoms with van der Waals surface area (Å²) in [5, 5.41) is 10.6. The summed E-state index contributed by atoms with van der Waals surface area (Å²) >= 11 is 1.34. The van der Waals surface area contributed by atoms with Crippen molar-refractivity contribution in [3.05, 3.63) is 5.82 Å². The lowest BCUT2D eigenvalue weighted by Crippen LogP contribution is -2.43. The van der Waals surface area contributed by atoms with E-state index < -0.39 is 0 Å². The highest BCUT2D eigenvalue weighted by atomic mass is 32.2. The number of aromatic amines is 1. The summed E-state index contributed by atoms with van der Waals surface area (Å²) in [4.78, 5) is 16.2. The number of carbonyl (C=O) groups excluding carboxylic acids is 1. The van der Waals surface area contributed by atoms with E-state index in [0.717, 1.165) is 31.7 Å². The molecule has 0 spiro atoms. The smallest absolute Gasteiger partial charge is 0.230 e. The molecule has 1 amide bonds. The Labute approximate surface area is 123 Å². The van der Waals surface area contributed by atoms with Gasteiger partial charge in [-0.15, -0.1) is 5.10 Å². The second kappa shape index (κ2) is 6.58. The molecule has 2 rings (SSSR count). The maximum atomic E-state index is 11.8. The van der Waals surface area contributed by atoms with Crippen molar-refractivity contribution >= 4 is 17.7 Å². The van der Waals surface area contributed by atoms with Gasteiger partial charge in [0.1, 0.15) is 6.10 Å². The van der Waals surface area contributed by atoms with Crippen LogP contribution in [0, 0.1) is 0 Å². The number of hydrogen-bond donors (Lipinski definition) is 2. The molecule has 0 aliphatic carbocycles. The molecule has 1 aliphatic heterocycles. The number of ether oxygens (including phenoxy) is 1. The fourth-order valence-corrected chi connectivity index (χ4v) is 2.50. The van der Waals surface area contributed by atoms with Crippen LogP contribution in [0.25, 0.3) is 0 Å². The van der Waals surface area contributed by atoms with E-state index in [4.69, 9.17) is 4.74 Å². The van der Waals surface area contributed by atoms with Crippen LogP contribution in [-0.2, 0) is 9.53 Å². The summed E-state index contributed by atoms with van der Waals surface area (Å²) < 4.78 is 5.54. The first kappa shape index (κ1) is 15.3. The van der Waals surface area contributed by atoms with Gasteiger partial charge in [-0.3, -0.25) is 9.89 Å². The average molecular weight is 298 g/mol. The predicted octanol–water partition coefficient (Wildman–Crippen LogP) is 2.05. The molecule has 0 radical (unpaired) electrons. The van der Waals surface area contributed by atoms with Crippen molar-refractivity contribution in [1.29, 1.82) is 0 Å². The number of hydrogen-bond acceptors (Lipinski definition) is 5. The van der Waals surface area contributed by atoms with E-state index in [0.29, 0.717) is 10.9 Å². The number of amides is 1. The maximum absolute atomic E-state index is 11.8. The summed E-state index contributed by atoms with van der Waals surface area (Å²) in [7, 11) is 0. The van der Waals surface area contributed by atoms with E-state index in [1.807, 2.05) is 13.8 Å². The summed E-state index contributed by atoms with van der Waals surface area (Å²) in [6, 6.07) is 0. The zero-order valence-electron chi connectivity index (χ0n) is 12.2. The van der Waals surface area contributed by atoms with Crippen molar-refractivity contribution in [1.82, 2.24) is 20.5 Å².